The standard InChI is InChI=1S/C25H29NO4/c1-4-19-15-18(9-10-20(19)12-14-26)11-13-25(28,21-7-5-6-8-21)17-22-16-23(27)30-24(2,3)29-22/h9-10,15-16,21,28H,4-8,12,17H2,1-3H3. The van der Waals surface area contributed by atoms with E-state index in [9.17, 15) is 9.90 Å². The van der Waals surface area contributed by atoms with E-state index < -0.39 is 17.4 Å². The predicted molar refractivity (Wildman–Crippen MR) is 113 cm³/mol. The molecule has 1 saturated carbocycles. The van der Waals surface area contributed by atoms with Crippen LogP contribution >= 0.6 is 0 Å². The van der Waals surface area contributed by atoms with Gasteiger partial charge in [0.2, 0.25) is 5.79 Å². The summed E-state index contributed by atoms with van der Waals surface area (Å²) < 4.78 is 10.9. The molecule has 1 aliphatic heterocycles. The van der Waals surface area contributed by atoms with Gasteiger partial charge in [-0.3, -0.25) is 0 Å². The van der Waals surface area contributed by atoms with E-state index in [4.69, 9.17) is 14.7 Å². The van der Waals surface area contributed by atoms with Gasteiger partial charge in [-0.2, -0.15) is 5.26 Å². The van der Waals surface area contributed by atoms with Crippen molar-refractivity contribution in [2.75, 3.05) is 0 Å². The number of carbonyl (C=O) groups is 1. The number of ether oxygens (including phenoxy) is 2. The Morgan fingerprint density at radius 1 is 1.23 bits per heavy atom. The summed E-state index contributed by atoms with van der Waals surface area (Å²) in [5.41, 5.74) is 1.63. The highest BCUT2D eigenvalue weighted by atomic mass is 16.7. The smallest absolute Gasteiger partial charge is 0.337 e. The molecule has 5 nitrogen and oxygen atoms in total. The first-order valence-corrected chi connectivity index (χ1v) is 10.6. The van der Waals surface area contributed by atoms with E-state index in [2.05, 4.69) is 24.8 Å². The third-order valence-electron chi connectivity index (χ3n) is 5.76. The Labute approximate surface area is 178 Å². The molecule has 1 aliphatic carbocycles. The highest BCUT2D eigenvalue weighted by Gasteiger charge is 2.41. The van der Waals surface area contributed by atoms with Gasteiger partial charge in [0, 0.05) is 25.8 Å². The normalized spacial score (nSPS) is 20.1. The molecule has 0 spiro atoms. The van der Waals surface area contributed by atoms with Crippen LogP contribution in [0.5, 0.6) is 0 Å². The topological polar surface area (TPSA) is 79.6 Å². The minimum Gasteiger partial charge on any atom is -0.457 e. The van der Waals surface area contributed by atoms with Gasteiger partial charge in [0.15, 0.2) is 0 Å². The second-order valence-electron chi connectivity index (χ2n) is 8.54. The molecule has 158 valence electrons. The highest BCUT2D eigenvalue weighted by molar-refractivity contribution is 5.83. The maximum Gasteiger partial charge on any atom is 0.337 e. The lowest BCUT2D eigenvalue weighted by Gasteiger charge is -2.35. The van der Waals surface area contributed by atoms with Crippen molar-refractivity contribution in [3.8, 4) is 17.9 Å². The second-order valence-corrected chi connectivity index (χ2v) is 8.54. The fourth-order valence-electron chi connectivity index (χ4n) is 4.29. The number of hydrogen-bond donors (Lipinski definition) is 1. The van der Waals surface area contributed by atoms with Crippen LogP contribution in [0, 0.1) is 29.1 Å². The van der Waals surface area contributed by atoms with Gasteiger partial charge >= 0.3 is 5.97 Å². The van der Waals surface area contributed by atoms with Crippen molar-refractivity contribution < 1.29 is 19.4 Å². The van der Waals surface area contributed by atoms with E-state index in [1.807, 2.05) is 18.2 Å². The fourth-order valence-corrected chi connectivity index (χ4v) is 4.29. The first kappa shape index (κ1) is 21.9. The van der Waals surface area contributed by atoms with E-state index in [1.54, 1.807) is 13.8 Å². The van der Waals surface area contributed by atoms with Crippen LogP contribution in [0.1, 0.15) is 69.6 Å². The van der Waals surface area contributed by atoms with Crippen molar-refractivity contribution in [3.05, 3.63) is 46.7 Å². The van der Waals surface area contributed by atoms with Crippen LogP contribution in [0.3, 0.4) is 0 Å². The third kappa shape index (κ3) is 5.23. The molecule has 0 saturated heterocycles. The Balaban J connectivity index is 1.90. The number of nitrogens with zero attached hydrogens (tertiary/aromatic N) is 1. The lowest BCUT2D eigenvalue weighted by molar-refractivity contribution is -0.207. The molecule has 0 amide bonds. The van der Waals surface area contributed by atoms with Crippen molar-refractivity contribution in [3.63, 3.8) is 0 Å². The maximum atomic E-state index is 11.9. The average molecular weight is 408 g/mol. The van der Waals surface area contributed by atoms with Crippen LogP contribution in [0.4, 0.5) is 0 Å². The minimum atomic E-state index is -1.28. The van der Waals surface area contributed by atoms with Gasteiger partial charge in [-0.05, 0) is 48.4 Å². The summed E-state index contributed by atoms with van der Waals surface area (Å²) in [5.74, 6) is 5.16. The minimum absolute atomic E-state index is 0.0269. The molecule has 1 heterocycles. The SMILES string of the molecule is CCc1cc(C#CC(O)(CC2=CC(=O)OC(C)(C)O2)C2CCCC2)ccc1CC#N. The number of cyclic esters (lactones) is 1. The molecule has 5 heteroatoms. The lowest BCUT2D eigenvalue weighted by Crippen LogP contribution is -2.40. The van der Waals surface area contributed by atoms with Crippen LogP contribution in [0.2, 0.25) is 0 Å². The zero-order valence-corrected chi connectivity index (χ0v) is 18.0. The van der Waals surface area contributed by atoms with E-state index in [-0.39, 0.29) is 12.3 Å². The molecule has 1 aromatic carbocycles. The summed E-state index contributed by atoms with van der Waals surface area (Å²) in [6.45, 7) is 5.40. The number of aryl methyl sites for hydroxylation is 1. The van der Waals surface area contributed by atoms with E-state index in [0.29, 0.717) is 12.2 Å². The Kier molecular flexibility index (Phi) is 6.54. The number of nitriles is 1. The van der Waals surface area contributed by atoms with Crippen LogP contribution in [-0.2, 0) is 27.1 Å². The Morgan fingerprint density at radius 2 is 1.97 bits per heavy atom. The monoisotopic (exact) mass is 407 g/mol. The Bertz CT molecular complexity index is 938. The molecule has 0 radical (unpaired) electrons. The molecule has 1 fully saturated rings. The highest BCUT2D eigenvalue weighted by Crippen LogP contribution is 2.39. The van der Waals surface area contributed by atoms with Gasteiger partial charge in [0.25, 0.3) is 0 Å². The average Bonchev–Trinajstić information content (AvgIpc) is 3.21. The van der Waals surface area contributed by atoms with Gasteiger partial charge in [0.05, 0.1) is 18.6 Å². The van der Waals surface area contributed by atoms with Gasteiger partial charge < -0.3 is 14.6 Å². The third-order valence-corrected chi connectivity index (χ3v) is 5.76. The predicted octanol–water partition coefficient (Wildman–Crippen LogP) is 4.17. The molecular weight excluding hydrogens is 378 g/mol. The van der Waals surface area contributed by atoms with E-state index in [1.165, 1.54) is 6.08 Å². The van der Waals surface area contributed by atoms with Crippen LogP contribution in [-0.4, -0.2) is 22.5 Å². The van der Waals surface area contributed by atoms with Crippen LogP contribution in [0.25, 0.3) is 0 Å². The van der Waals surface area contributed by atoms with Crippen molar-refractivity contribution in [1.29, 1.82) is 5.26 Å². The molecular formula is C25H29NO4. The molecule has 0 bridgehead atoms. The molecule has 0 aromatic heterocycles. The van der Waals surface area contributed by atoms with Gasteiger partial charge in [-0.15, -0.1) is 0 Å². The van der Waals surface area contributed by atoms with Gasteiger partial charge in [-0.1, -0.05) is 37.7 Å². The summed E-state index contributed by atoms with van der Waals surface area (Å²) in [5, 5.41) is 20.5. The van der Waals surface area contributed by atoms with E-state index >= 15 is 0 Å². The first-order chi connectivity index (χ1) is 14.2. The number of aliphatic hydroxyl groups is 1. The fraction of sp³-hybridized carbons (Fsp3) is 0.520. The van der Waals surface area contributed by atoms with Crippen molar-refractivity contribution >= 4 is 5.97 Å². The van der Waals surface area contributed by atoms with Gasteiger partial charge in [-0.25, -0.2) is 4.79 Å². The quantitative estimate of drug-likeness (QED) is 0.585. The molecule has 3 rings (SSSR count). The number of rotatable bonds is 5. The van der Waals surface area contributed by atoms with Crippen LogP contribution in [0.15, 0.2) is 30.0 Å². The molecule has 1 N–H and O–H groups in total. The molecule has 1 atom stereocenters. The van der Waals surface area contributed by atoms with Gasteiger partial charge in [0.1, 0.15) is 11.4 Å². The molecule has 2 aliphatic rings. The first-order valence-electron chi connectivity index (χ1n) is 10.6. The van der Waals surface area contributed by atoms with E-state index in [0.717, 1.165) is 48.8 Å². The summed E-state index contributed by atoms with van der Waals surface area (Å²) in [6.07, 6.45) is 6.56. The number of carbonyl (C=O) groups excluding carboxylic acids is 1. The molecule has 1 unspecified atom stereocenters. The zero-order valence-electron chi connectivity index (χ0n) is 18.0. The number of hydrogen-bond acceptors (Lipinski definition) is 5. The summed E-state index contributed by atoms with van der Waals surface area (Å²) in [4.78, 5) is 11.9. The summed E-state index contributed by atoms with van der Waals surface area (Å²) in [6, 6.07) is 8.02. The lowest BCUT2D eigenvalue weighted by atomic mass is 9.82. The van der Waals surface area contributed by atoms with Crippen molar-refractivity contribution in [2.24, 2.45) is 5.92 Å². The Morgan fingerprint density at radius 3 is 2.60 bits per heavy atom. The number of esters is 1. The maximum absolute atomic E-state index is 11.9. The summed E-state index contributed by atoms with van der Waals surface area (Å²) >= 11 is 0. The molecule has 30 heavy (non-hydrogen) atoms. The number of benzene rings is 1. The second kappa shape index (κ2) is 8.94. The van der Waals surface area contributed by atoms with Crippen molar-refractivity contribution in [2.45, 2.75) is 77.1 Å². The summed E-state index contributed by atoms with van der Waals surface area (Å²) in [7, 11) is 0. The Hall–Kier alpha value is -2.76. The zero-order chi connectivity index (χ0) is 21.8. The van der Waals surface area contributed by atoms with Crippen LogP contribution < -0.4 is 0 Å². The largest absolute Gasteiger partial charge is 0.457 e. The molecule has 1 aromatic rings. The van der Waals surface area contributed by atoms with Crippen molar-refractivity contribution in [1.82, 2.24) is 0 Å².